The van der Waals surface area contributed by atoms with Crippen molar-refractivity contribution >= 4 is 0 Å². The predicted octanol–water partition coefficient (Wildman–Crippen LogP) is 5.84. The van der Waals surface area contributed by atoms with E-state index in [1.165, 1.54) is 0 Å². The maximum absolute atomic E-state index is 6.03. The molecule has 0 aliphatic carbocycles. The van der Waals surface area contributed by atoms with Gasteiger partial charge in [-0.15, -0.1) is 0 Å². The Morgan fingerprint density at radius 2 is 1.20 bits per heavy atom. The molecule has 0 amide bonds. The van der Waals surface area contributed by atoms with Gasteiger partial charge in [0.2, 0.25) is 0 Å². The van der Waals surface area contributed by atoms with Gasteiger partial charge in [-0.25, -0.2) is 0 Å². The van der Waals surface area contributed by atoms with E-state index in [9.17, 15) is 0 Å². The molecular weight excluding hydrogens is 436 g/mol. The highest BCUT2D eigenvalue weighted by Crippen LogP contribution is 2.22. The number of rotatable bonds is 9. The Labute approximate surface area is 208 Å². The van der Waals surface area contributed by atoms with E-state index in [0.717, 1.165) is 53.2 Å². The number of hydrogen-bond acceptors (Lipinski definition) is 4. The van der Waals surface area contributed by atoms with Crippen LogP contribution in [0.15, 0.2) is 66.7 Å². The summed E-state index contributed by atoms with van der Waals surface area (Å²) in [6, 6.07) is 21.5. The van der Waals surface area contributed by atoms with Gasteiger partial charge in [-0.05, 0) is 79.6 Å². The highest BCUT2D eigenvalue weighted by molar-refractivity contribution is 5.55. The van der Waals surface area contributed by atoms with Crippen LogP contribution in [0.5, 0.6) is 17.2 Å². The first-order valence-electron chi connectivity index (χ1n) is 12.1. The van der Waals surface area contributed by atoms with E-state index in [1.54, 1.807) is 0 Å². The molecular formula is C31H30O4. The van der Waals surface area contributed by atoms with Crippen molar-refractivity contribution in [3.63, 3.8) is 0 Å². The number of hydrogen-bond donors (Lipinski definition) is 0. The topological polar surface area (TPSA) is 40.2 Å². The Morgan fingerprint density at radius 1 is 0.686 bits per heavy atom. The average molecular weight is 467 g/mol. The molecule has 4 heteroatoms. The van der Waals surface area contributed by atoms with Crippen LogP contribution >= 0.6 is 0 Å². The lowest BCUT2D eigenvalue weighted by Crippen LogP contribution is -2.05. The van der Waals surface area contributed by atoms with E-state index < -0.39 is 0 Å². The zero-order valence-electron chi connectivity index (χ0n) is 20.3. The van der Waals surface area contributed by atoms with Crippen LogP contribution < -0.4 is 14.2 Å². The van der Waals surface area contributed by atoms with Crippen LogP contribution in [0.4, 0.5) is 0 Å². The Bertz CT molecular complexity index is 1220. The van der Waals surface area contributed by atoms with Crippen LogP contribution in [0.3, 0.4) is 0 Å². The third-order valence-corrected chi connectivity index (χ3v) is 5.16. The average Bonchev–Trinajstić information content (AvgIpc) is 3.73. The van der Waals surface area contributed by atoms with Crippen molar-refractivity contribution in [1.82, 2.24) is 0 Å². The van der Waals surface area contributed by atoms with E-state index >= 15 is 0 Å². The smallest absolute Gasteiger partial charge is 0.136 e. The van der Waals surface area contributed by atoms with Gasteiger partial charge in [0.15, 0.2) is 0 Å². The Morgan fingerprint density at radius 3 is 1.74 bits per heavy atom. The second-order valence-corrected chi connectivity index (χ2v) is 8.22. The number of ether oxygens (including phenoxy) is 4. The van der Waals surface area contributed by atoms with E-state index in [0.29, 0.717) is 25.6 Å². The van der Waals surface area contributed by atoms with E-state index in [2.05, 4.69) is 37.5 Å². The summed E-state index contributed by atoms with van der Waals surface area (Å²) in [6.07, 6.45) is 2.13. The first kappa shape index (κ1) is 24.3. The molecule has 0 N–H and O–H groups in total. The van der Waals surface area contributed by atoms with Crippen LogP contribution in [-0.4, -0.2) is 32.5 Å². The molecule has 3 aromatic rings. The van der Waals surface area contributed by atoms with Gasteiger partial charge in [0.25, 0.3) is 0 Å². The van der Waals surface area contributed by atoms with Crippen LogP contribution in [0, 0.1) is 23.7 Å². The molecule has 4 nitrogen and oxygen atoms in total. The molecule has 0 spiro atoms. The summed E-state index contributed by atoms with van der Waals surface area (Å²) >= 11 is 0. The van der Waals surface area contributed by atoms with Gasteiger partial charge in [-0.1, -0.05) is 37.5 Å². The van der Waals surface area contributed by atoms with Crippen molar-refractivity contribution in [1.29, 1.82) is 0 Å². The van der Waals surface area contributed by atoms with Gasteiger partial charge in [-0.3, -0.25) is 0 Å². The van der Waals surface area contributed by atoms with Crippen molar-refractivity contribution in [2.24, 2.45) is 0 Å². The third kappa shape index (κ3) is 7.85. The second kappa shape index (κ2) is 12.6. The van der Waals surface area contributed by atoms with Crippen LogP contribution in [0.25, 0.3) is 0 Å². The molecule has 0 radical (unpaired) electrons. The molecule has 1 atom stereocenters. The Kier molecular flexibility index (Phi) is 8.71. The Balaban J connectivity index is 1.49. The molecule has 0 saturated carbocycles. The fraction of sp³-hybridized carbons (Fsp3) is 0.290. The van der Waals surface area contributed by atoms with E-state index in [1.807, 2.05) is 66.7 Å². The molecule has 4 rings (SSSR count). The van der Waals surface area contributed by atoms with E-state index in [4.69, 9.17) is 18.9 Å². The third-order valence-electron chi connectivity index (χ3n) is 5.16. The minimum absolute atomic E-state index is 0.162. The van der Waals surface area contributed by atoms with Crippen molar-refractivity contribution in [3.8, 4) is 40.9 Å². The van der Waals surface area contributed by atoms with Gasteiger partial charge >= 0.3 is 0 Å². The minimum Gasteiger partial charge on any atom is -0.494 e. The lowest BCUT2D eigenvalue weighted by molar-refractivity contribution is 0.262. The molecule has 1 aliphatic heterocycles. The molecule has 3 aromatic carbocycles. The SMILES string of the molecule is CCCOc1ccc(C#Cc2ccc(C#Cc3ccc(OCCC)cc3)c(OCC3CO3)c2)cc1. The molecule has 178 valence electrons. The fourth-order valence-corrected chi connectivity index (χ4v) is 3.16. The van der Waals surface area contributed by atoms with Gasteiger partial charge in [-0.2, -0.15) is 0 Å². The first-order valence-corrected chi connectivity index (χ1v) is 12.1. The minimum atomic E-state index is 0.162. The molecule has 1 aliphatic rings. The molecule has 1 heterocycles. The quantitative estimate of drug-likeness (QED) is 0.293. The summed E-state index contributed by atoms with van der Waals surface area (Å²) in [5, 5.41) is 0. The van der Waals surface area contributed by atoms with Crippen LogP contribution in [0.1, 0.15) is 48.9 Å². The summed E-state index contributed by atoms with van der Waals surface area (Å²) in [5.41, 5.74) is 3.53. The summed E-state index contributed by atoms with van der Waals surface area (Å²) in [4.78, 5) is 0. The molecule has 1 saturated heterocycles. The zero-order valence-corrected chi connectivity index (χ0v) is 20.3. The largest absolute Gasteiger partial charge is 0.494 e. The second-order valence-electron chi connectivity index (χ2n) is 8.22. The molecule has 1 unspecified atom stereocenters. The van der Waals surface area contributed by atoms with Crippen molar-refractivity contribution in [2.75, 3.05) is 26.4 Å². The van der Waals surface area contributed by atoms with Crippen LogP contribution in [0.2, 0.25) is 0 Å². The first-order chi connectivity index (χ1) is 17.2. The maximum Gasteiger partial charge on any atom is 0.136 e. The monoisotopic (exact) mass is 466 g/mol. The normalized spacial score (nSPS) is 13.6. The summed E-state index contributed by atoms with van der Waals surface area (Å²) < 4.78 is 22.6. The van der Waals surface area contributed by atoms with Crippen molar-refractivity contribution < 1.29 is 18.9 Å². The lowest BCUT2D eigenvalue weighted by atomic mass is 10.1. The highest BCUT2D eigenvalue weighted by atomic mass is 16.6. The summed E-state index contributed by atoms with van der Waals surface area (Å²) in [6.45, 7) is 6.86. The summed E-state index contributed by atoms with van der Waals surface area (Å²) in [7, 11) is 0. The highest BCUT2D eigenvalue weighted by Gasteiger charge is 2.23. The maximum atomic E-state index is 6.03. The molecule has 0 bridgehead atoms. The number of epoxide rings is 1. The summed E-state index contributed by atoms with van der Waals surface area (Å²) in [5.74, 6) is 15.3. The molecule has 0 aromatic heterocycles. The van der Waals surface area contributed by atoms with Gasteiger partial charge in [0.05, 0.1) is 25.4 Å². The standard InChI is InChI=1S/C31H30O4/c1-3-19-32-28-15-9-24(10-16-28)5-6-26-8-14-27(31(21-26)35-23-30-22-34-30)13-7-25-11-17-29(18-12-25)33-20-4-2/h8-12,14-18,21,30H,3-4,19-20,22-23H2,1-2H3. The van der Waals surface area contributed by atoms with Crippen LogP contribution in [-0.2, 0) is 4.74 Å². The van der Waals surface area contributed by atoms with E-state index in [-0.39, 0.29) is 6.10 Å². The number of benzene rings is 3. The zero-order chi connectivity index (χ0) is 24.3. The van der Waals surface area contributed by atoms with Crippen molar-refractivity contribution in [3.05, 3.63) is 89.0 Å². The predicted molar refractivity (Wildman–Crippen MR) is 138 cm³/mol. The Hall–Kier alpha value is -3.86. The van der Waals surface area contributed by atoms with Gasteiger partial charge < -0.3 is 18.9 Å². The van der Waals surface area contributed by atoms with Crippen molar-refractivity contribution in [2.45, 2.75) is 32.8 Å². The molecule has 35 heavy (non-hydrogen) atoms. The lowest BCUT2D eigenvalue weighted by Gasteiger charge is -2.07. The van der Waals surface area contributed by atoms with Gasteiger partial charge in [0.1, 0.15) is 30.0 Å². The molecule has 1 fully saturated rings. The van der Waals surface area contributed by atoms with Gasteiger partial charge in [0, 0.05) is 16.7 Å². The fourth-order valence-electron chi connectivity index (χ4n) is 3.16.